The zero-order chi connectivity index (χ0) is 9.56. The van der Waals surface area contributed by atoms with Gasteiger partial charge in [0.05, 0.1) is 0 Å². The van der Waals surface area contributed by atoms with Gasteiger partial charge in [0.15, 0.2) is 0 Å². The molecule has 0 unspecified atom stereocenters. The summed E-state index contributed by atoms with van der Waals surface area (Å²) in [7, 11) is -5.63. The van der Waals surface area contributed by atoms with E-state index in [9.17, 15) is 19.6 Å². The van der Waals surface area contributed by atoms with Gasteiger partial charge in [0.25, 0.3) is 0 Å². The number of rotatable bonds is 6. The molecule has 0 aliphatic rings. The highest BCUT2D eigenvalue weighted by Crippen LogP contribution is 2.41. The van der Waals surface area contributed by atoms with Crippen molar-refractivity contribution in [2.75, 3.05) is 0 Å². The first-order valence-electron chi connectivity index (χ1n) is 3.86. The average molecular weight is 210 g/mol. The fraction of sp³-hybridized carbons (Fsp3) is 1.00. The third-order valence-electron chi connectivity index (χ3n) is 1.55. The summed E-state index contributed by atoms with van der Waals surface area (Å²) >= 11 is 0. The minimum Gasteiger partial charge on any atom is -0.841 e. The number of hydrogen-bond acceptors (Lipinski definition) is 4. The Morgan fingerprint density at radius 2 is 1.50 bits per heavy atom. The minimum atomic E-state index is -2.82. The molecule has 0 amide bonds. The van der Waals surface area contributed by atoms with E-state index in [4.69, 9.17) is 0 Å². The van der Waals surface area contributed by atoms with Crippen LogP contribution in [-0.4, -0.2) is 5.40 Å². The highest BCUT2D eigenvalue weighted by molar-refractivity contribution is 7.61. The summed E-state index contributed by atoms with van der Waals surface area (Å²) in [5.74, 6) is 0. The van der Waals surface area contributed by atoms with Crippen LogP contribution in [0.5, 0.6) is 0 Å². The molecule has 0 radical (unpaired) electrons. The lowest BCUT2D eigenvalue weighted by atomic mass is 10.2. The van der Waals surface area contributed by atoms with Gasteiger partial charge in [-0.3, -0.25) is 0 Å². The molecule has 0 rings (SSSR count). The maximum absolute atomic E-state index is 10.4. The highest BCUT2D eigenvalue weighted by Gasteiger charge is 1.99. The summed E-state index contributed by atoms with van der Waals surface area (Å²) in [5.41, 5.74) is 0. The van der Waals surface area contributed by atoms with E-state index >= 15 is 0 Å². The molecule has 0 aromatic carbocycles. The fourth-order valence-electron chi connectivity index (χ4n) is 0.865. The Bertz CT molecular complexity index is 102. The Kier molecular flexibility index (Phi) is 7.55. The molecule has 0 saturated carbocycles. The molecule has 0 saturated heterocycles. The van der Waals surface area contributed by atoms with Crippen LogP contribution in [0.2, 0.25) is 0 Å². The molecule has 0 aliphatic carbocycles. The highest BCUT2D eigenvalue weighted by atomic mass is 31.2. The van der Waals surface area contributed by atoms with Crippen LogP contribution in [0.15, 0.2) is 0 Å². The van der Waals surface area contributed by atoms with Gasteiger partial charge in [-0.1, -0.05) is 31.6 Å². The molecule has 0 heterocycles. The molecule has 0 fully saturated rings. The second-order valence-electron chi connectivity index (χ2n) is 2.55. The normalized spacial score (nSPS) is 12.0. The van der Waals surface area contributed by atoms with Crippen molar-refractivity contribution in [1.82, 2.24) is 0 Å². The predicted octanol–water partition coefficient (Wildman–Crippen LogP) is -1.04. The SMILES string of the molecule is CCCCCC(P([O-])[O-])P([O-])[O-]. The van der Waals surface area contributed by atoms with Crippen molar-refractivity contribution < 1.29 is 19.6 Å². The third-order valence-corrected chi connectivity index (χ3v) is 4.17. The van der Waals surface area contributed by atoms with E-state index in [1.165, 1.54) is 0 Å². The summed E-state index contributed by atoms with van der Waals surface area (Å²) in [6, 6.07) is 0. The second-order valence-corrected chi connectivity index (χ2v) is 5.34. The van der Waals surface area contributed by atoms with Crippen molar-refractivity contribution in [2.24, 2.45) is 0 Å². The lowest BCUT2D eigenvalue weighted by Crippen LogP contribution is -2.27. The lowest BCUT2D eigenvalue weighted by Gasteiger charge is -2.52. The molecular weight excluding hydrogens is 198 g/mol. The topological polar surface area (TPSA) is 92.2 Å². The van der Waals surface area contributed by atoms with E-state index in [-0.39, 0.29) is 6.42 Å². The second kappa shape index (κ2) is 7.14. The van der Waals surface area contributed by atoms with Gasteiger partial charge in [-0.2, -0.15) is 0 Å². The maximum atomic E-state index is 10.4. The van der Waals surface area contributed by atoms with Gasteiger partial charge in [-0.15, -0.1) is 0 Å². The van der Waals surface area contributed by atoms with Crippen LogP contribution < -0.4 is 19.6 Å². The van der Waals surface area contributed by atoms with Crippen LogP contribution in [-0.2, 0) is 0 Å². The van der Waals surface area contributed by atoms with Crippen LogP contribution in [0.4, 0.5) is 0 Å². The molecular formula is C6H12O4P2-4. The molecule has 0 bridgehead atoms. The Labute approximate surface area is 75.1 Å². The molecule has 12 heavy (non-hydrogen) atoms. The molecule has 0 aromatic heterocycles. The van der Waals surface area contributed by atoms with E-state index in [0.29, 0.717) is 6.42 Å². The molecule has 0 aromatic rings. The van der Waals surface area contributed by atoms with Gasteiger partial charge in [-0.05, 0) is 6.42 Å². The van der Waals surface area contributed by atoms with E-state index in [1.807, 2.05) is 6.92 Å². The third kappa shape index (κ3) is 5.36. The van der Waals surface area contributed by atoms with Crippen molar-refractivity contribution in [2.45, 2.75) is 38.0 Å². The van der Waals surface area contributed by atoms with Crippen LogP contribution in [0, 0.1) is 0 Å². The van der Waals surface area contributed by atoms with Crippen molar-refractivity contribution in [1.29, 1.82) is 0 Å². The molecule has 0 aliphatic heterocycles. The Hall–Kier alpha value is 0.700. The zero-order valence-electron chi connectivity index (χ0n) is 6.93. The van der Waals surface area contributed by atoms with Crippen molar-refractivity contribution in [3.05, 3.63) is 0 Å². The monoisotopic (exact) mass is 210 g/mol. The summed E-state index contributed by atoms with van der Waals surface area (Å²) in [6.07, 6.45) is 2.74. The predicted molar refractivity (Wildman–Crippen MR) is 41.8 cm³/mol. The first-order chi connectivity index (χ1) is 5.59. The van der Waals surface area contributed by atoms with Crippen LogP contribution in [0.3, 0.4) is 0 Å². The minimum absolute atomic E-state index is 0.241. The first-order valence-corrected chi connectivity index (χ1v) is 6.36. The van der Waals surface area contributed by atoms with Gasteiger partial charge >= 0.3 is 0 Å². The van der Waals surface area contributed by atoms with Gasteiger partial charge in [0.1, 0.15) is 0 Å². The van der Waals surface area contributed by atoms with Crippen molar-refractivity contribution >= 4 is 16.8 Å². The summed E-state index contributed by atoms with van der Waals surface area (Å²) < 4.78 is 0. The molecule has 6 heteroatoms. The van der Waals surface area contributed by atoms with Gasteiger partial charge < -0.3 is 36.3 Å². The zero-order valence-corrected chi connectivity index (χ0v) is 8.72. The van der Waals surface area contributed by atoms with Gasteiger partial charge in [-0.25, -0.2) is 0 Å². The van der Waals surface area contributed by atoms with Gasteiger partial charge in [0, 0.05) is 0 Å². The molecule has 0 atom stereocenters. The Balaban J connectivity index is 3.64. The quantitative estimate of drug-likeness (QED) is 0.413. The van der Waals surface area contributed by atoms with Crippen molar-refractivity contribution in [3.8, 4) is 0 Å². The lowest BCUT2D eigenvalue weighted by molar-refractivity contribution is -0.307. The number of unbranched alkanes of at least 4 members (excludes halogenated alkanes) is 2. The Morgan fingerprint density at radius 3 is 1.83 bits per heavy atom. The van der Waals surface area contributed by atoms with Crippen LogP contribution >= 0.6 is 16.8 Å². The van der Waals surface area contributed by atoms with Crippen molar-refractivity contribution in [3.63, 3.8) is 0 Å². The van der Waals surface area contributed by atoms with Crippen LogP contribution in [0.1, 0.15) is 32.6 Å². The summed E-state index contributed by atoms with van der Waals surface area (Å²) in [6.45, 7) is 1.98. The largest absolute Gasteiger partial charge is 0.841 e. The standard InChI is InChI=1S/C6H12O4P2/c1-2-3-4-5-6(11(7)8)12(9)10/h6H,2-5H2,1H3/q-4. The molecule has 4 nitrogen and oxygen atoms in total. The average Bonchev–Trinajstić information content (AvgIpc) is 1.96. The fourth-order valence-corrected chi connectivity index (χ4v) is 2.27. The van der Waals surface area contributed by atoms with E-state index < -0.39 is 22.2 Å². The van der Waals surface area contributed by atoms with E-state index in [1.54, 1.807) is 0 Å². The molecule has 74 valence electrons. The molecule has 0 N–H and O–H groups in total. The molecule has 0 spiro atoms. The summed E-state index contributed by atoms with van der Waals surface area (Å²) in [4.78, 5) is 41.6. The van der Waals surface area contributed by atoms with Crippen LogP contribution in [0.25, 0.3) is 0 Å². The number of hydrogen-bond donors (Lipinski definition) is 0. The first kappa shape index (κ1) is 12.7. The van der Waals surface area contributed by atoms with E-state index in [2.05, 4.69) is 0 Å². The summed E-state index contributed by atoms with van der Waals surface area (Å²) in [5, 5.41) is -1.15. The maximum Gasteiger partial charge on any atom is -0.0472 e. The Morgan fingerprint density at radius 1 is 1.00 bits per heavy atom. The van der Waals surface area contributed by atoms with Gasteiger partial charge in [0.2, 0.25) is 0 Å². The van der Waals surface area contributed by atoms with E-state index in [0.717, 1.165) is 12.8 Å². The smallest absolute Gasteiger partial charge is 0.0472 e.